The van der Waals surface area contributed by atoms with E-state index in [0.29, 0.717) is 44.9 Å². The van der Waals surface area contributed by atoms with Crippen LogP contribution in [0, 0.1) is 23.7 Å². The third-order valence-corrected chi connectivity index (χ3v) is 13.7. The van der Waals surface area contributed by atoms with Crippen LogP contribution in [0.4, 0.5) is 0 Å². The largest absolute Gasteiger partial charge is 0.394 e. The van der Waals surface area contributed by atoms with Gasteiger partial charge in [0.1, 0.15) is 29.9 Å². The van der Waals surface area contributed by atoms with Gasteiger partial charge in [0.25, 0.3) is 0 Å². The Bertz CT molecular complexity index is 1340. The molecule has 12 heteroatoms. The zero-order chi connectivity index (χ0) is 37.6. The van der Waals surface area contributed by atoms with Crippen LogP contribution in [-0.4, -0.2) is 131 Å². The van der Waals surface area contributed by atoms with E-state index in [2.05, 4.69) is 20.1 Å². The summed E-state index contributed by atoms with van der Waals surface area (Å²) in [5.74, 6) is -0.196. The highest BCUT2D eigenvalue weighted by Gasteiger charge is 2.56. The molecule has 0 aromatic carbocycles. The van der Waals surface area contributed by atoms with Crippen molar-refractivity contribution in [3.05, 3.63) is 24.3 Å². The first kappa shape index (κ1) is 39.6. The van der Waals surface area contributed by atoms with Gasteiger partial charge in [0.05, 0.1) is 73.8 Å². The number of hydrogen-bond acceptors (Lipinski definition) is 12. The zero-order valence-corrected chi connectivity index (χ0v) is 31.5. The Morgan fingerprint density at radius 3 is 2.28 bits per heavy atom. The predicted molar refractivity (Wildman–Crippen MR) is 192 cm³/mol. The van der Waals surface area contributed by atoms with Crippen LogP contribution in [0.2, 0.25) is 0 Å². The van der Waals surface area contributed by atoms with E-state index in [1.807, 2.05) is 0 Å². The first-order chi connectivity index (χ1) is 25.4. The first-order valence-electron chi connectivity index (χ1n) is 20.3. The number of Topliss-reactive ketones (excluding diaryl/α,β-unsaturated/α-hetero) is 2. The Morgan fingerprint density at radius 2 is 1.51 bits per heavy atom. The van der Waals surface area contributed by atoms with Crippen LogP contribution >= 0.6 is 0 Å². The van der Waals surface area contributed by atoms with Gasteiger partial charge >= 0.3 is 0 Å². The van der Waals surface area contributed by atoms with Crippen molar-refractivity contribution in [2.75, 3.05) is 13.7 Å². The molecule has 1 unspecified atom stereocenters. The zero-order valence-electron chi connectivity index (χ0n) is 31.5. The molecule has 18 atom stereocenters. The highest BCUT2D eigenvalue weighted by Crippen LogP contribution is 2.46. The molecule has 298 valence electrons. The molecule has 0 aromatic heterocycles. The monoisotopic (exact) mass is 746 g/mol. The van der Waals surface area contributed by atoms with Crippen molar-refractivity contribution < 1.29 is 58.4 Å². The van der Waals surface area contributed by atoms with Crippen LogP contribution in [0.3, 0.4) is 0 Å². The van der Waals surface area contributed by atoms with E-state index in [0.717, 1.165) is 36.8 Å². The number of carbonyl (C=O) groups is 2. The van der Waals surface area contributed by atoms with Crippen LogP contribution in [0.15, 0.2) is 24.3 Å². The number of aliphatic hydroxyl groups is 4. The number of rotatable bonds is 4. The summed E-state index contributed by atoms with van der Waals surface area (Å²) in [6, 6.07) is 0. The van der Waals surface area contributed by atoms with Crippen LogP contribution in [0.25, 0.3) is 0 Å². The van der Waals surface area contributed by atoms with E-state index in [1.165, 1.54) is 0 Å². The molecule has 7 rings (SSSR count). The molecule has 7 aliphatic rings. The lowest BCUT2D eigenvalue weighted by atomic mass is 9.71. The molecule has 0 radical (unpaired) electrons. The Hall–Kier alpha value is -1.58. The van der Waals surface area contributed by atoms with Crippen molar-refractivity contribution in [3.63, 3.8) is 0 Å². The molecule has 1 saturated carbocycles. The molecule has 12 nitrogen and oxygen atoms in total. The summed E-state index contributed by atoms with van der Waals surface area (Å²) in [5, 5.41) is 42.8. The van der Waals surface area contributed by atoms with Crippen molar-refractivity contribution >= 4 is 11.6 Å². The molecule has 6 aliphatic heterocycles. The Kier molecular flexibility index (Phi) is 12.6. The summed E-state index contributed by atoms with van der Waals surface area (Å²) in [5.41, 5.74) is 2.03. The second-order valence-corrected chi connectivity index (χ2v) is 17.4. The summed E-state index contributed by atoms with van der Waals surface area (Å²) in [7, 11) is 1.60. The van der Waals surface area contributed by atoms with Gasteiger partial charge in [-0.3, -0.25) is 9.59 Å². The van der Waals surface area contributed by atoms with Crippen LogP contribution in [0.5, 0.6) is 0 Å². The number of carbonyl (C=O) groups excluding carboxylic acids is 2. The maximum atomic E-state index is 14.0. The normalized spacial score (nSPS) is 47.7. The maximum absolute atomic E-state index is 14.0. The fourth-order valence-electron chi connectivity index (χ4n) is 10.8. The number of ether oxygens (including phenoxy) is 6. The summed E-state index contributed by atoms with van der Waals surface area (Å²) >= 11 is 0. The molecular weight excluding hydrogens is 684 g/mol. The van der Waals surface area contributed by atoms with Crippen molar-refractivity contribution in [1.29, 1.82) is 0 Å². The molecule has 7 fully saturated rings. The van der Waals surface area contributed by atoms with Crippen molar-refractivity contribution in [1.82, 2.24) is 0 Å². The second-order valence-electron chi connectivity index (χ2n) is 17.4. The summed E-state index contributed by atoms with van der Waals surface area (Å²) in [6.45, 7) is 10.5. The van der Waals surface area contributed by atoms with Gasteiger partial charge in [0.2, 0.25) is 0 Å². The Labute approximate surface area is 313 Å². The standard InChI is InChI=1S/C41H62O12/c1-20-11-28-8-10-31-21(2)12-27(49-31)7-6-24(43)16-35-38(47)41-40(53-35)37(46)29-14-23(5-9-32(29)52-41)13-25(44)15-30-34(18-33(50-28)22(20)3)51-36(39(30)48-4)17-26(45)19-42/h20,23,26-42,45-47H,2-3,5-19H2,1,4H3/t20-,23-,26+,27+,28+,29+,30+,31+,32+,33-,34+,35?,36-,37+,38+,39-,40+,41+/m1/s1. The number of methoxy groups -OCH3 is 1. The smallest absolute Gasteiger partial charge is 0.135 e. The minimum Gasteiger partial charge on any atom is -0.394 e. The third kappa shape index (κ3) is 8.57. The molecule has 4 N–H and O–H groups in total. The molecule has 8 bridgehead atoms. The van der Waals surface area contributed by atoms with Crippen molar-refractivity contribution in [3.8, 4) is 0 Å². The van der Waals surface area contributed by atoms with Gasteiger partial charge in [-0.25, -0.2) is 0 Å². The average molecular weight is 747 g/mol. The molecule has 0 spiro atoms. The summed E-state index contributed by atoms with van der Waals surface area (Å²) in [4.78, 5) is 27.1. The topological polar surface area (TPSA) is 170 Å². The maximum Gasteiger partial charge on any atom is 0.135 e. The first-order valence-corrected chi connectivity index (χ1v) is 20.3. The van der Waals surface area contributed by atoms with Gasteiger partial charge in [-0.05, 0) is 74.3 Å². The minimum atomic E-state index is -1.01. The lowest BCUT2D eigenvalue weighted by Gasteiger charge is -2.46. The number of ketones is 2. The van der Waals surface area contributed by atoms with Gasteiger partial charge < -0.3 is 48.8 Å². The highest BCUT2D eigenvalue weighted by atomic mass is 16.6. The number of hydrogen-bond donors (Lipinski definition) is 4. The fraction of sp³-hybridized carbons (Fsp3) is 0.854. The van der Waals surface area contributed by atoms with Gasteiger partial charge in [-0.15, -0.1) is 0 Å². The molecule has 53 heavy (non-hydrogen) atoms. The quantitative estimate of drug-likeness (QED) is 0.311. The van der Waals surface area contributed by atoms with Crippen molar-refractivity contribution in [2.24, 2.45) is 23.7 Å². The van der Waals surface area contributed by atoms with E-state index in [4.69, 9.17) is 28.4 Å². The van der Waals surface area contributed by atoms with E-state index in [-0.39, 0.29) is 91.1 Å². The van der Waals surface area contributed by atoms with Gasteiger partial charge in [-0.2, -0.15) is 0 Å². The lowest BCUT2D eigenvalue weighted by molar-refractivity contribution is -0.208. The van der Waals surface area contributed by atoms with Gasteiger partial charge in [0, 0.05) is 57.5 Å². The number of aliphatic hydroxyl groups excluding tert-OH is 4. The van der Waals surface area contributed by atoms with Crippen LogP contribution < -0.4 is 0 Å². The minimum absolute atomic E-state index is 0.0161. The average Bonchev–Trinajstić information content (AvgIpc) is 3.76. The summed E-state index contributed by atoms with van der Waals surface area (Å²) < 4.78 is 38.3. The fourth-order valence-corrected chi connectivity index (χ4v) is 10.8. The lowest BCUT2D eigenvalue weighted by Crippen LogP contribution is -2.56. The predicted octanol–water partition coefficient (Wildman–Crippen LogP) is 3.14. The molecule has 0 amide bonds. The summed E-state index contributed by atoms with van der Waals surface area (Å²) in [6.07, 6.45) is 0.0590. The van der Waals surface area contributed by atoms with Gasteiger partial charge in [0.15, 0.2) is 0 Å². The second kappa shape index (κ2) is 16.9. The molecule has 6 heterocycles. The van der Waals surface area contributed by atoms with E-state index in [1.54, 1.807) is 7.11 Å². The molecule has 6 saturated heterocycles. The van der Waals surface area contributed by atoms with Crippen molar-refractivity contribution in [2.45, 2.75) is 182 Å². The van der Waals surface area contributed by atoms with E-state index in [9.17, 15) is 30.0 Å². The van der Waals surface area contributed by atoms with Gasteiger partial charge in [-0.1, -0.05) is 20.1 Å². The van der Waals surface area contributed by atoms with E-state index < -0.39 is 55.4 Å². The van der Waals surface area contributed by atoms with Crippen LogP contribution in [0.1, 0.15) is 96.8 Å². The third-order valence-electron chi connectivity index (χ3n) is 13.7. The molecule has 0 aromatic rings. The molecule has 1 aliphatic carbocycles. The van der Waals surface area contributed by atoms with Crippen LogP contribution in [-0.2, 0) is 38.0 Å². The molecular formula is C41H62O12. The Morgan fingerprint density at radius 1 is 0.755 bits per heavy atom. The van der Waals surface area contributed by atoms with E-state index >= 15 is 0 Å². The Balaban J connectivity index is 1.11. The highest BCUT2D eigenvalue weighted by molar-refractivity contribution is 5.79. The number of fused-ring (bicyclic) bond motifs is 7. The SMILES string of the molecule is C=C1C[C@@H]2CCC(=O)CC3O[C@H]4[C@@H](O)[C@H]5C[C@H](CC[C@@H]5O[C@H]4[C@H]3O)CC(=O)C[C@@H]3[C@@H](OC)[C@@H](C[C@H](O)CO)O[C@H]3C[C@H]3O[C@@H](CC[C@@H]1O2)C[C@@H](C)C3=C.